The van der Waals surface area contributed by atoms with Crippen LogP contribution in [0.5, 0.6) is 5.75 Å². The third-order valence-corrected chi connectivity index (χ3v) is 8.50. The van der Waals surface area contributed by atoms with Crippen molar-refractivity contribution in [2.75, 3.05) is 52.9 Å². The highest BCUT2D eigenvalue weighted by molar-refractivity contribution is 6.31. The number of amides is 1. The van der Waals surface area contributed by atoms with Crippen molar-refractivity contribution in [3.63, 3.8) is 0 Å². The Bertz CT molecular complexity index is 1040. The molecule has 35 heavy (non-hydrogen) atoms. The molecular formula is C28H41ClN4O2. The van der Waals surface area contributed by atoms with Gasteiger partial charge >= 0.3 is 0 Å². The predicted octanol–water partition coefficient (Wildman–Crippen LogP) is 4.43. The van der Waals surface area contributed by atoms with Gasteiger partial charge in [0.05, 0.1) is 6.61 Å². The van der Waals surface area contributed by atoms with E-state index >= 15 is 0 Å². The fourth-order valence-corrected chi connectivity index (χ4v) is 5.64. The second-order valence-electron chi connectivity index (χ2n) is 10.8. The number of aryl methyl sites for hydroxylation is 2. The zero-order chi connectivity index (χ0) is 25.2. The fraction of sp³-hybridized carbons (Fsp3) is 0.607. The lowest BCUT2D eigenvalue weighted by atomic mass is 9.77. The summed E-state index contributed by atoms with van der Waals surface area (Å²) in [5, 5.41) is 0.745. The van der Waals surface area contributed by atoms with Gasteiger partial charge in [-0.1, -0.05) is 11.6 Å². The third-order valence-electron chi connectivity index (χ3n) is 8.07. The number of carbonyl (C=O) groups excluding carboxylic acids is 1. The van der Waals surface area contributed by atoms with Gasteiger partial charge in [-0.05, 0) is 82.6 Å². The average Bonchev–Trinajstić information content (AvgIpc) is 3.07. The van der Waals surface area contributed by atoms with Crippen LogP contribution in [0.25, 0.3) is 0 Å². The molecule has 0 unspecified atom stereocenters. The number of nitrogens with zero attached hydrogens (tertiary/aromatic N) is 4. The maximum Gasteiger partial charge on any atom is 0.223 e. The van der Waals surface area contributed by atoms with Gasteiger partial charge in [0.25, 0.3) is 0 Å². The normalized spacial score (nSPS) is 21.9. The number of hydrogen-bond donors (Lipinski definition) is 0. The summed E-state index contributed by atoms with van der Waals surface area (Å²) < 4.78 is 8.63. The fourth-order valence-electron chi connectivity index (χ4n) is 5.52. The highest BCUT2D eigenvalue weighted by Crippen LogP contribution is 2.36. The Balaban J connectivity index is 1.51. The molecule has 0 radical (unpaired) electrons. The number of hydrogen-bond acceptors (Lipinski definition) is 4. The van der Waals surface area contributed by atoms with Crippen molar-refractivity contribution < 1.29 is 9.53 Å². The Hall–Kier alpha value is -2.02. The standard InChI is InChI=1S/C28H41ClN4O2/c1-21-15-25(7-8-26(21)29)35-20-28(17-27(34)33-13-11-30(4)12-14-33)9-6-10-32(19-28)18-24-16-22(2)31(5)23(24)3/h7-8,15-16H,6,9-14,17-20H2,1-5H3/t28-/m1/s1. The monoisotopic (exact) mass is 500 g/mol. The molecule has 0 aliphatic carbocycles. The minimum atomic E-state index is -0.204. The van der Waals surface area contributed by atoms with Crippen molar-refractivity contribution in [2.24, 2.45) is 12.5 Å². The largest absolute Gasteiger partial charge is 0.493 e. The molecule has 2 fully saturated rings. The van der Waals surface area contributed by atoms with E-state index in [-0.39, 0.29) is 11.3 Å². The first kappa shape index (κ1) is 26.1. The van der Waals surface area contributed by atoms with Crippen molar-refractivity contribution in [3.8, 4) is 5.75 Å². The van der Waals surface area contributed by atoms with Gasteiger partial charge in [0.2, 0.25) is 5.91 Å². The third kappa shape index (κ3) is 6.22. The molecule has 1 atom stereocenters. The number of piperidine rings is 1. The van der Waals surface area contributed by atoms with Crippen LogP contribution >= 0.6 is 11.6 Å². The molecule has 2 aromatic rings. The Labute approximate surface area is 215 Å². The van der Waals surface area contributed by atoms with E-state index in [2.05, 4.69) is 53.3 Å². The van der Waals surface area contributed by atoms with Crippen LogP contribution in [0.2, 0.25) is 5.02 Å². The number of benzene rings is 1. The molecule has 0 N–H and O–H groups in total. The summed E-state index contributed by atoms with van der Waals surface area (Å²) in [6, 6.07) is 8.12. The van der Waals surface area contributed by atoms with Gasteiger partial charge in [-0.25, -0.2) is 0 Å². The summed E-state index contributed by atoms with van der Waals surface area (Å²) in [5.41, 5.74) is 4.78. The number of carbonyl (C=O) groups is 1. The molecule has 3 heterocycles. The lowest BCUT2D eigenvalue weighted by Gasteiger charge is -2.43. The van der Waals surface area contributed by atoms with E-state index < -0.39 is 0 Å². The molecule has 2 aliphatic rings. The summed E-state index contributed by atoms with van der Waals surface area (Å²) in [4.78, 5) is 20.3. The molecule has 2 aliphatic heterocycles. The summed E-state index contributed by atoms with van der Waals surface area (Å²) >= 11 is 6.23. The Morgan fingerprint density at radius 1 is 1.06 bits per heavy atom. The summed E-state index contributed by atoms with van der Waals surface area (Å²) in [5.74, 6) is 1.09. The van der Waals surface area contributed by atoms with Crippen LogP contribution in [0.3, 0.4) is 0 Å². The van der Waals surface area contributed by atoms with E-state index in [0.29, 0.717) is 13.0 Å². The molecule has 4 rings (SSSR count). The van der Waals surface area contributed by atoms with E-state index in [4.69, 9.17) is 16.3 Å². The summed E-state index contributed by atoms with van der Waals surface area (Å²) in [6.07, 6.45) is 2.61. The van der Waals surface area contributed by atoms with Gasteiger partial charge < -0.3 is 19.1 Å². The van der Waals surface area contributed by atoms with Crippen molar-refractivity contribution in [2.45, 2.75) is 46.6 Å². The van der Waals surface area contributed by atoms with Crippen LogP contribution in [0.15, 0.2) is 24.3 Å². The quantitative estimate of drug-likeness (QED) is 0.564. The lowest BCUT2D eigenvalue weighted by molar-refractivity contribution is -0.137. The number of rotatable bonds is 7. The lowest BCUT2D eigenvalue weighted by Crippen LogP contribution is -2.52. The minimum Gasteiger partial charge on any atom is -0.493 e. The van der Waals surface area contributed by atoms with Crippen molar-refractivity contribution in [3.05, 3.63) is 51.8 Å². The number of piperazine rings is 1. The zero-order valence-electron chi connectivity index (χ0n) is 22.1. The zero-order valence-corrected chi connectivity index (χ0v) is 22.8. The highest BCUT2D eigenvalue weighted by Gasteiger charge is 2.40. The molecule has 1 aromatic heterocycles. The minimum absolute atomic E-state index is 0.204. The van der Waals surface area contributed by atoms with Crippen LogP contribution in [0.4, 0.5) is 0 Å². The Morgan fingerprint density at radius 2 is 1.80 bits per heavy atom. The molecule has 192 valence electrons. The van der Waals surface area contributed by atoms with Crippen molar-refractivity contribution >= 4 is 17.5 Å². The summed E-state index contributed by atoms with van der Waals surface area (Å²) in [6.45, 7) is 13.2. The van der Waals surface area contributed by atoms with E-state index in [1.54, 1.807) is 0 Å². The Morgan fingerprint density at radius 3 is 2.46 bits per heavy atom. The highest BCUT2D eigenvalue weighted by atomic mass is 35.5. The first-order valence-corrected chi connectivity index (χ1v) is 13.2. The smallest absolute Gasteiger partial charge is 0.223 e. The SMILES string of the molecule is Cc1cc(OC[C@@]2(CC(=O)N3CCN(C)CC3)CCCN(Cc3cc(C)n(C)c3C)C2)ccc1Cl. The molecule has 6 nitrogen and oxygen atoms in total. The maximum atomic E-state index is 13.5. The molecule has 7 heteroatoms. The van der Waals surface area contributed by atoms with Gasteiger partial charge in [-0.2, -0.15) is 0 Å². The number of likely N-dealkylation sites (tertiary alicyclic amines) is 1. The van der Waals surface area contributed by atoms with Crippen LogP contribution in [0, 0.1) is 26.2 Å². The van der Waals surface area contributed by atoms with Gasteiger partial charge in [-0.15, -0.1) is 0 Å². The van der Waals surface area contributed by atoms with E-state index in [1.807, 2.05) is 25.1 Å². The van der Waals surface area contributed by atoms with E-state index in [0.717, 1.165) is 75.0 Å². The van der Waals surface area contributed by atoms with Crippen LogP contribution in [-0.2, 0) is 18.4 Å². The molecule has 0 spiro atoms. The number of likely N-dealkylation sites (N-methyl/N-ethyl adjacent to an activating group) is 1. The van der Waals surface area contributed by atoms with Crippen LogP contribution < -0.4 is 4.74 Å². The number of ether oxygens (including phenoxy) is 1. The molecular weight excluding hydrogens is 460 g/mol. The van der Waals surface area contributed by atoms with E-state index in [9.17, 15) is 4.79 Å². The molecule has 2 saturated heterocycles. The van der Waals surface area contributed by atoms with Crippen molar-refractivity contribution in [1.29, 1.82) is 0 Å². The maximum absolute atomic E-state index is 13.5. The number of halogens is 1. The van der Waals surface area contributed by atoms with Gasteiger partial charge in [-0.3, -0.25) is 9.69 Å². The molecule has 0 saturated carbocycles. The van der Waals surface area contributed by atoms with Crippen LogP contribution in [-0.4, -0.2) is 78.1 Å². The van der Waals surface area contributed by atoms with Gasteiger partial charge in [0.15, 0.2) is 0 Å². The first-order chi connectivity index (χ1) is 16.7. The van der Waals surface area contributed by atoms with E-state index in [1.165, 1.54) is 17.0 Å². The van der Waals surface area contributed by atoms with Gasteiger partial charge in [0, 0.05) is 74.6 Å². The average molecular weight is 501 g/mol. The topological polar surface area (TPSA) is 41.0 Å². The second kappa shape index (κ2) is 10.9. The van der Waals surface area contributed by atoms with Crippen molar-refractivity contribution in [1.82, 2.24) is 19.3 Å². The van der Waals surface area contributed by atoms with Gasteiger partial charge in [0.1, 0.15) is 5.75 Å². The molecule has 1 aromatic carbocycles. The second-order valence-corrected chi connectivity index (χ2v) is 11.2. The predicted molar refractivity (Wildman–Crippen MR) is 142 cm³/mol. The van der Waals surface area contributed by atoms with Crippen LogP contribution in [0.1, 0.15) is 41.8 Å². The summed E-state index contributed by atoms with van der Waals surface area (Å²) in [7, 11) is 4.25. The number of aromatic nitrogens is 1. The Kier molecular flexibility index (Phi) is 8.14. The molecule has 0 bridgehead atoms. The first-order valence-electron chi connectivity index (χ1n) is 12.9. The molecule has 1 amide bonds.